The van der Waals surface area contributed by atoms with Crippen LogP contribution in [0.15, 0.2) is 42.2 Å². The maximum atomic E-state index is 4.49. The Hall–Kier alpha value is -2.15. The average Bonchev–Trinajstić information content (AvgIpc) is 3.19. The zero-order chi connectivity index (χ0) is 15.5. The first-order valence-corrected chi connectivity index (χ1v) is 8.87. The maximum Gasteiger partial charge on any atom is 0.191 e. The number of hydrogen-bond acceptors (Lipinski definition) is 5. The predicted octanol–water partition coefficient (Wildman–Crippen LogP) is 2.88. The SMILES string of the molecule is c1cn(-c2ccc(CSc3nnc4n3CCCCC4)cn2)cn1. The van der Waals surface area contributed by atoms with E-state index in [1.165, 1.54) is 24.8 Å². The van der Waals surface area contributed by atoms with Crippen LogP contribution in [0, 0.1) is 0 Å². The third-order valence-corrected chi connectivity index (χ3v) is 5.06. The lowest BCUT2D eigenvalue weighted by Gasteiger charge is -2.07. The Morgan fingerprint density at radius 2 is 2.13 bits per heavy atom. The largest absolute Gasteiger partial charge is 0.306 e. The summed E-state index contributed by atoms with van der Waals surface area (Å²) in [5, 5.41) is 9.73. The molecule has 0 fully saturated rings. The highest BCUT2D eigenvalue weighted by atomic mass is 32.2. The van der Waals surface area contributed by atoms with Crippen LogP contribution in [-0.4, -0.2) is 29.3 Å². The van der Waals surface area contributed by atoms with Crippen LogP contribution in [0.5, 0.6) is 0 Å². The zero-order valence-electron chi connectivity index (χ0n) is 12.8. The van der Waals surface area contributed by atoms with Crippen molar-refractivity contribution in [2.45, 2.75) is 43.1 Å². The van der Waals surface area contributed by atoms with Gasteiger partial charge in [0.2, 0.25) is 0 Å². The van der Waals surface area contributed by atoms with Gasteiger partial charge in [-0.25, -0.2) is 9.97 Å². The van der Waals surface area contributed by atoms with Gasteiger partial charge in [0, 0.05) is 37.3 Å². The number of aryl methyl sites for hydroxylation is 1. The van der Waals surface area contributed by atoms with Crippen LogP contribution in [0.4, 0.5) is 0 Å². The van der Waals surface area contributed by atoms with Crippen molar-refractivity contribution in [3.8, 4) is 5.82 Å². The highest BCUT2D eigenvalue weighted by molar-refractivity contribution is 7.98. The van der Waals surface area contributed by atoms with Crippen molar-refractivity contribution in [2.75, 3.05) is 0 Å². The molecule has 0 atom stereocenters. The Kier molecular flexibility index (Phi) is 4.10. The Labute approximate surface area is 139 Å². The fraction of sp³-hybridized carbons (Fsp3) is 0.375. The summed E-state index contributed by atoms with van der Waals surface area (Å²) in [7, 11) is 0. The van der Waals surface area contributed by atoms with E-state index in [4.69, 9.17) is 0 Å². The molecule has 6 nitrogen and oxygen atoms in total. The first-order chi connectivity index (χ1) is 11.4. The van der Waals surface area contributed by atoms with Crippen molar-refractivity contribution in [1.82, 2.24) is 29.3 Å². The molecule has 0 unspecified atom stereocenters. The molecule has 0 aromatic carbocycles. The molecule has 0 saturated heterocycles. The summed E-state index contributed by atoms with van der Waals surface area (Å²) in [6.07, 6.45) is 12.1. The van der Waals surface area contributed by atoms with Gasteiger partial charge >= 0.3 is 0 Å². The molecule has 3 aromatic rings. The molecule has 0 bridgehead atoms. The minimum Gasteiger partial charge on any atom is -0.306 e. The third-order valence-electron chi connectivity index (χ3n) is 4.02. The molecule has 0 spiro atoms. The van der Waals surface area contributed by atoms with Gasteiger partial charge in [0.1, 0.15) is 18.0 Å². The van der Waals surface area contributed by atoms with Crippen molar-refractivity contribution in [3.63, 3.8) is 0 Å². The van der Waals surface area contributed by atoms with Crippen molar-refractivity contribution >= 4 is 11.8 Å². The molecule has 0 radical (unpaired) electrons. The molecule has 7 heteroatoms. The summed E-state index contributed by atoms with van der Waals surface area (Å²) in [5.74, 6) is 2.88. The average molecular weight is 326 g/mol. The minimum absolute atomic E-state index is 0.856. The smallest absolute Gasteiger partial charge is 0.191 e. The lowest BCUT2D eigenvalue weighted by Crippen LogP contribution is -2.02. The van der Waals surface area contributed by atoms with E-state index in [2.05, 4.69) is 30.8 Å². The maximum absolute atomic E-state index is 4.49. The van der Waals surface area contributed by atoms with E-state index in [-0.39, 0.29) is 0 Å². The highest BCUT2D eigenvalue weighted by Gasteiger charge is 2.14. The van der Waals surface area contributed by atoms with Crippen LogP contribution >= 0.6 is 11.8 Å². The molecule has 4 heterocycles. The van der Waals surface area contributed by atoms with Gasteiger partial charge in [-0.1, -0.05) is 24.2 Å². The second-order valence-corrected chi connectivity index (χ2v) is 6.59. The molecule has 1 aliphatic heterocycles. The van der Waals surface area contributed by atoms with Crippen LogP contribution in [0.25, 0.3) is 5.82 Å². The summed E-state index contributed by atoms with van der Waals surface area (Å²) in [6.45, 7) is 1.04. The standard InChI is InChI=1S/C16H18N6S/c1-2-4-15-19-20-16(22(15)8-3-1)23-11-13-5-6-14(18-10-13)21-9-7-17-12-21/h5-7,9-10,12H,1-4,8,11H2. The predicted molar refractivity (Wildman–Crippen MR) is 88.5 cm³/mol. The second-order valence-electron chi connectivity index (χ2n) is 5.64. The number of nitrogens with zero attached hydrogens (tertiary/aromatic N) is 6. The molecule has 0 amide bonds. The molecule has 0 N–H and O–H groups in total. The van der Waals surface area contributed by atoms with Gasteiger partial charge < -0.3 is 4.57 Å². The monoisotopic (exact) mass is 326 g/mol. The Morgan fingerprint density at radius 1 is 1.13 bits per heavy atom. The molecular formula is C16H18N6S. The fourth-order valence-corrected chi connectivity index (χ4v) is 3.68. The van der Waals surface area contributed by atoms with Crippen molar-refractivity contribution in [2.24, 2.45) is 0 Å². The van der Waals surface area contributed by atoms with Gasteiger partial charge in [-0.3, -0.25) is 4.57 Å². The summed E-state index contributed by atoms with van der Waals surface area (Å²) in [6, 6.07) is 4.12. The highest BCUT2D eigenvalue weighted by Crippen LogP contribution is 2.24. The molecule has 3 aromatic heterocycles. The summed E-state index contributed by atoms with van der Waals surface area (Å²) >= 11 is 1.74. The van der Waals surface area contributed by atoms with Gasteiger partial charge in [-0.05, 0) is 24.5 Å². The topological polar surface area (TPSA) is 61.4 Å². The molecule has 0 saturated carbocycles. The van der Waals surface area contributed by atoms with E-state index in [0.29, 0.717) is 0 Å². The van der Waals surface area contributed by atoms with Gasteiger partial charge in [-0.2, -0.15) is 0 Å². The molecule has 4 rings (SSSR count). The number of thioether (sulfide) groups is 1. The number of imidazole rings is 1. The third kappa shape index (κ3) is 3.14. The van der Waals surface area contributed by atoms with E-state index in [9.17, 15) is 0 Å². The van der Waals surface area contributed by atoms with Crippen LogP contribution in [0.1, 0.15) is 30.7 Å². The Morgan fingerprint density at radius 3 is 2.96 bits per heavy atom. The van der Waals surface area contributed by atoms with Crippen molar-refractivity contribution in [3.05, 3.63) is 48.4 Å². The Bertz CT molecular complexity index is 762. The number of rotatable bonds is 4. The van der Waals surface area contributed by atoms with Crippen LogP contribution in [0.2, 0.25) is 0 Å². The van der Waals surface area contributed by atoms with E-state index in [1.54, 1.807) is 24.3 Å². The molecular weight excluding hydrogens is 308 g/mol. The van der Waals surface area contributed by atoms with Gasteiger partial charge in [0.05, 0.1) is 0 Å². The summed E-state index contributed by atoms with van der Waals surface area (Å²) < 4.78 is 4.18. The van der Waals surface area contributed by atoms with Crippen LogP contribution in [0.3, 0.4) is 0 Å². The molecule has 118 valence electrons. The number of aromatic nitrogens is 6. The van der Waals surface area contributed by atoms with Gasteiger partial charge in [0.15, 0.2) is 5.16 Å². The lowest BCUT2D eigenvalue weighted by molar-refractivity contribution is 0.591. The van der Waals surface area contributed by atoms with Gasteiger partial charge in [0.25, 0.3) is 0 Å². The molecule has 0 aliphatic carbocycles. The first-order valence-electron chi connectivity index (χ1n) is 7.88. The van der Waals surface area contributed by atoms with Crippen molar-refractivity contribution < 1.29 is 0 Å². The Balaban J connectivity index is 1.44. The quantitative estimate of drug-likeness (QED) is 0.690. The molecule has 23 heavy (non-hydrogen) atoms. The minimum atomic E-state index is 0.856. The van der Waals surface area contributed by atoms with Gasteiger partial charge in [-0.15, -0.1) is 10.2 Å². The van der Waals surface area contributed by atoms with E-state index < -0.39 is 0 Å². The zero-order valence-corrected chi connectivity index (χ0v) is 13.6. The van der Waals surface area contributed by atoms with E-state index in [0.717, 1.165) is 35.5 Å². The van der Waals surface area contributed by atoms with Crippen molar-refractivity contribution in [1.29, 1.82) is 0 Å². The summed E-state index contributed by atoms with van der Waals surface area (Å²) in [5.41, 5.74) is 1.19. The summed E-state index contributed by atoms with van der Waals surface area (Å²) in [4.78, 5) is 8.53. The number of pyridine rings is 1. The number of hydrogen-bond donors (Lipinski definition) is 0. The molecule has 1 aliphatic rings. The van der Waals surface area contributed by atoms with E-state index >= 15 is 0 Å². The van der Waals surface area contributed by atoms with Crippen LogP contribution < -0.4 is 0 Å². The van der Waals surface area contributed by atoms with Crippen LogP contribution in [-0.2, 0) is 18.7 Å². The fourth-order valence-electron chi connectivity index (χ4n) is 2.76. The normalized spacial score (nSPS) is 14.4. The first kappa shape index (κ1) is 14.4. The number of fused-ring (bicyclic) bond motifs is 1. The second kappa shape index (κ2) is 6.54. The lowest BCUT2D eigenvalue weighted by atomic mass is 10.2. The van der Waals surface area contributed by atoms with E-state index in [1.807, 2.05) is 23.0 Å².